The van der Waals surface area contributed by atoms with Gasteiger partial charge in [0.2, 0.25) is 17.9 Å². The number of methoxy groups -OCH3 is 1. The third kappa shape index (κ3) is 16.2. The van der Waals surface area contributed by atoms with Gasteiger partial charge in [0.1, 0.15) is 5.75 Å². The molecular formula is C36H52N2O8. The van der Waals surface area contributed by atoms with E-state index < -0.39 is 41.9 Å². The van der Waals surface area contributed by atoms with Crippen molar-refractivity contribution in [1.82, 2.24) is 10.6 Å². The van der Waals surface area contributed by atoms with Gasteiger partial charge in [0.15, 0.2) is 0 Å². The van der Waals surface area contributed by atoms with E-state index in [0.29, 0.717) is 12.8 Å². The lowest BCUT2D eigenvalue weighted by Gasteiger charge is -2.24. The SMILES string of the molecule is CC(CNC(=O)CNC(=O)/C=C/CC[C@H](C)CC(O)c1ccccc1)C(=O)OC(C(=O)O)C(C)C(C)C.COc1ccc(C)cc1. The van der Waals surface area contributed by atoms with Crippen molar-refractivity contribution in [1.29, 1.82) is 0 Å². The first-order valence-corrected chi connectivity index (χ1v) is 15.7. The number of hydrogen-bond donors (Lipinski definition) is 4. The molecule has 0 aliphatic heterocycles. The maximum Gasteiger partial charge on any atom is 0.345 e. The number of rotatable bonds is 17. The minimum Gasteiger partial charge on any atom is -0.497 e. The van der Waals surface area contributed by atoms with Crippen molar-refractivity contribution in [3.05, 3.63) is 77.9 Å². The number of ether oxygens (including phenoxy) is 2. The summed E-state index contributed by atoms with van der Waals surface area (Å²) in [5, 5.41) is 24.7. The fourth-order valence-electron chi connectivity index (χ4n) is 4.17. The maximum atomic E-state index is 12.3. The van der Waals surface area contributed by atoms with Crippen LogP contribution in [0.25, 0.3) is 0 Å². The highest BCUT2D eigenvalue weighted by molar-refractivity contribution is 5.91. The minimum atomic E-state index is -1.26. The Hall–Kier alpha value is -4.18. The van der Waals surface area contributed by atoms with Gasteiger partial charge in [0.25, 0.3) is 0 Å². The van der Waals surface area contributed by atoms with Crippen LogP contribution in [0.15, 0.2) is 66.7 Å². The van der Waals surface area contributed by atoms with E-state index in [4.69, 9.17) is 9.47 Å². The molecular weight excluding hydrogens is 588 g/mol. The molecule has 46 heavy (non-hydrogen) atoms. The number of carbonyl (C=O) groups is 4. The Labute approximate surface area is 273 Å². The van der Waals surface area contributed by atoms with Gasteiger partial charge in [0.05, 0.1) is 25.7 Å². The molecule has 0 bridgehead atoms. The van der Waals surface area contributed by atoms with Gasteiger partial charge < -0.3 is 30.3 Å². The molecule has 0 radical (unpaired) electrons. The van der Waals surface area contributed by atoms with Crippen LogP contribution in [0.3, 0.4) is 0 Å². The van der Waals surface area contributed by atoms with Crippen molar-refractivity contribution in [2.45, 2.75) is 73.0 Å². The molecule has 0 aromatic heterocycles. The Balaban J connectivity index is 0.00000100. The molecule has 0 saturated heterocycles. The third-order valence-corrected chi connectivity index (χ3v) is 7.61. The van der Waals surface area contributed by atoms with E-state index >= 15 is 0 Å². The summed E-state index contributed by atoms with van der Waals surface area (Å²) in [5.41, 5.74) is 2.15. The van der Waals surface area contributed by atoms with E-state index in [2.05, 4.69) is 17.6 Å². The Bertz CT molecular complexity index is 1230. The Kier molecular flexibility index (Phi) is 18.7. The third-order valence-electron chi connectivity index (χ3n) is 7.61. The van der Waals surface area contributed by atoms with Gasteiger partial charge >= 0.3 is 11.9 Å². The van der Waals surface area contributed by atoms with Crippen LogP contribution in [0.4, 0.5) is 0 Å². The second-order valence-electron chi connectivity index (χ2n) is 12.0. The molecule has 0 aliphatic carbocycles. The van der Waals surface area contributed by atoms with E-state index in [1.54, 1.807) is 20.1 Å². The summed E-state index contributed by atoms with van der Waals surface area (Å²) < 4.78 is 10.1. The van der Waals surface area contributed by atoms with Crippen molar-refractivity contribution < 1.29 is 38.9 Å². The first-order valence-electron chi connectivity index (χ1n) is 15.7. The van der Waals surface area contributed by atoms with E-state index in [1.807, 2.05) is 75.4 Å². The monoisotopic (exact) mass is 640 g/mol. The summed E-state index contributed by atoms with van der Waals surface area (Å²) in [6.45, 7) is 10.7. The van der Waals surface area contributed by atoms with Gasteiger partial charge in [-0.25, -0.2) is 4.79 Å². The molecule has 10 heteroatoms. The number of aliphatic carboxylic acids is 1. The Morgan fingerprint density at radius 2 is 1.54 bits per heavy atom. The van der Waals surface area contributed by atoms with Crippen LogP contribution in [0.2, 0.25) is 0 Å². The standard InChI is InChI=1S/C28H42N2O7.C8H10O/c1-18(2)21(5)26(27(34)35)37-28(36)20(4)16-29-25(33)17-30-24(32)14-10-9-11-19(3)15-23(31)22-12-7-6-8-13-22;1-7-3-5-8(9-2)6-4-7/h6-8,10,12-14,18-21,23,26,31H,9,11,15-17H2,1-5H3,(H,29,33)(H,30,32)(H,34,35);3-6H,1-2H3/b14-10+;/t19-,20?,21?,23?,26?;/m0./s1. The summed E-state index contributed by atoms with van der Waals surface area (Å²) in [4.78, 5) is 47.7. The van der Waals surface area contributed by atoms with Gasteiger partial charge in [-0.05, 0) is 61.8 Å². The second-order valence-corrected chi connectivity index (χ2v) is 12.0. The molecule has 2 rings (SSSR count). The predicted molar refractivity (Wildman–Crippen MR) is 178 cm³/mol. The molecule has 2 aromatic carbocycles. The van der Waals surface area contributed by atoms with E-state index in [9.17, 15) is 29.4 Å². The smallest absolute Gasteiger partial charge is 0.345 e. The lowest BCUT2D eigenvalue weighted by molar-refractivity contribution is -0.171. The first-order chi connectivity index (χ1) is 21.7. The van der Waals surface area contributed by atoms with Crippen LogP contribution < -0.4 is 15.4 Å². The van der Waals surface area contributed by atoms with Crippen LogP contribution in [-0.4, -0.2) is 60.3 Å². The molecule has 0 heterocycles. The number of aryl methyl sites for hydroxylation is 1. The number of carboxylic acid groups (broad SMARTS) is 1. The summed E-state index contributed by atoms with van der Waals surface area (Å²) in [5.74, 6) is -2.72. The molecule has 10 nitrogen and oxygen atoms in total. The van der Waals surface area contributed by atoms with E-state index in [1.165, 1.54) is 18.6 Å². The van der Waals surface area contributed by atoms with E-state index in [-0.39, 0.29) is 30.8 Å². The molecule has 0 aliphatic rings. The average Bonchev–Trinajstić information content (AvgIpc) is 3.03. The van der Waals surface area contributed by atoms with Gasteiger partial charge in [-0.2, -0.15) is 0 Å². The number of amides is 2. The number of esters is 1. The fraction of sp³-hybridized carbons (Fsp3) is 0.500. The Morgan fingerprint density at radius 3 is 2.11 bits per heavy atom. The van der Waals surface area contributed by atoms with E-state index in [0.717, 1.165) is 17.7 Å². The molecule has 5 atom stereocenters. The van der Waals surface area contributed by atoms with Crippen LogP contribution in [0, 0.1) is 30.6 Å². The number of aliphatic hydroxyl groups is 1. The second kappa shape index (κ2) is 21.5. The summed E-state index contributed by atoms with van der Waals surface area (Å²) >= 11 is 0. The van der Waals surface area contributed by atoms with Gasteiger partial charge in [0, 0.05) is 12.5 Å². The zero-order valence-corrected chi connectivity index (χ0v) is 28.2. The zero-order chi connectivity index (χ0) is 34.6. The highest BCUT2D eigenvalue weighted by Crippen LogP contribution is 2.23. The average molecular weight is 641 g/mol. The molecule has 0 spiro atoms. The molecule has 4 N–H and O–H groups in total. The van der Waals surface area contributed by atoms with Gasteiger partial charge in [-0.3, -0.25) is 14.4 Å². The van der Waals surface area contributed by atoms with Crippen LogP contribution in [0.5, 0.6) is 5.75 Å². The molecule has 254 valence electrons. The van der Waals surface area contributed by atoms with Crippen LogP contribution >= 0.6 is 0 Å². The number of nitrogens with one attached hydrogen (secondary N) is 2. The highest BCUT2D eigenvalue weighted by Gasteiger charge is 2.32. The lowest BCUT2D eigenvalue weighted by atomic mass is 9.92. The molecule has 2 aromatic rings. The fourth-order valence-corrected chi connectivity index (χ4v) is 4.17. The first kappa shape index (κ1) is 39.8. The van der Waals surface area contributed by atoms with Gasteiger partial charge in [-0.15, -0.1) is 0 Å². The molecule has 2 amide bonds. The number of aliphatic hydroxyl groups excluding tert-OH is 1. The lowest BCUT2D eigenvalue weighted by Crippen LogP contribution is -2.41. The number of allylic oxidation sites excluding steroid dienone is 1. The van der Waals surface area contributed by atoms with Crippen molar-refractivity contribution >= 4 is 23.8 Å². The number of carboxylic acids is 1. The highest BCUT2D eigenvalue weighted by atomic mass is 16.6. The van der Waals surface area contributed by atoms with Gasteiger partial charge in [-0.1, -0.05) is 88.7 Å². The predicted octanol–water partition coefficient (Wildman–Crippen LogP) is 5.24. The molecule has 4 unspecified atom stereocenters. The molecule has 0 fully saturated rings. The Morgan fingerprint density at radius 1 is 0.913 bits per heavy atom. The van der Waals surface area contributed by atoms with Crippen molar-refractivity contribution in [3.63, 3.8) is 0 Å². The normalized spacial score (nSPS) is 14.2. The largest absolute Gasteiger partial charge is 0.497 e. The van der Waals surface area contributed by atoms with Crippen molar-refractivity contribution in [2.24, 2.45) is 23.7 Å². The quantitative estimate of drug-likeness (QED) is 0.135. The number of hydrogen-bond acceptors (Lipinski definition) is 7. The maximum absolute atomic E-state index is 12.3. The minimum absolute atomic E-state index is 0.0116. The number of carbonyl (C=O) groups excluding carboxylic acids is 3. The number of benzene rings is 2. The zero-order valence-electron chi connectivity index (χ0n) is 28.2. The van der Waals surface area contributed by atoms with Crippen LogP contribution in [-0.2, 0) is 23.9 Å². The topological polar surface area (TPSA) is 151 Å². The summed E-state index contributed by atoms with van der Waals surface area (Å²) in [6.07, 6.45) is 3.42. The van der Waals surface area contributed by atoms with Crippen LogP contribution in [0.1, 0.15) is 71.1 Å². The molecule has 0 saturated carbocycles. The van der Waals surface area contributed by atoms with Crippen molar-refractivity contribution in [2.75, 3.05) is 20.2 Å². The van der Waals surface area contributed by atoms with Crippen molar-refractivity contribution in [3.8, 4) is 5.75 Å². The summed E-state index contributed by atoms with van der Waals surface area (Å²) in [6, 6.07) is 17.4. The summed E-state index contributed by atoms with van der Waals surface area (Å²) in [7, 11) is 1.67.